The number of benzene rings is 1. The van der Waals surface area contributed by atoms with E-state index in [1.165, 1.54) is 6.07 Å². The first-order valence-electron chi connectivity index (χ1n) is 9.26. The molecule has 140 valence electrons. The van der Waals surface area contributed by atoms with E-state index in [-0.39, 0.29) is 12.1 Å². The Bertz CT molecular complexity index is 801. The van der Waals surface area contributed by atoms with Gasteiger partial charge in [0.15, 0.2) is 5.82 Å². The molecule has 5 nitrogen and oxygen atoms in total. The van der Waals surface area contributed by atoms with E-state index >= 15 is 0 Å². The van der Waals surface area contributed by atoms with Gasteiger partial charge in [0.05, 0.1) is 5.69 Å². The van der Waals surface area contributed by atoms with Crippen molar-refractivity contribution in [1.29, 1.82) is 0 Å². The Hall–Kier alpha value is -2.37. The van der Waals surface area contributed by atoms with Crippen LogP contribution in [0.15, 0.2) is 24.3 Å². The van der Waals surface area contributed by atoms with E-state index in [4.69, 9.17) is 0 Å². The molecule has 1 fully saturated rings. The van der Waals surface area contributed by atoms with Gasteiger partial charge in [-0.15, -0.1) is 0 Å². The first-order valence-corrected chi connectivity index (χ1v) is 9.26. The Morgan fingerprint density at radius 1 is 1.23 bits per heavy atom. The molecular weight excluding hydrogens is 331 g/mol. The molecule has 2 aromatic rings. The van der Waals surface area contributed by atoms with Crippen molar-refractivity contribution in [2.75, 3.05) is 11.9 Å². The van der Waals surface area contributed by atoms with Crippen LogP contribution in [-0.2, 0) is 0 Å². The number of aryl methyl sites for hydroxylation is 2. The summed E-state index contributed by atoms with van der Waals surface area (Å²) in [5.74, 6) is 0.0714. The molecule has 0 spiro atoms. The number of likely N-dealkylation sites (tertiary alicyclic amines) is 1. The van der Waals surface area contributed by atoms with Crippen LogP contribution in [0.2, 0.25) is 0 Å². The van der Waals surface area contributed by atoms with Crippen molar-refractivity contribution in [2.45, 2.75) is 53.0 Å². The van der Waals surface area contributed by atoms with Crippen molar-refractivity contribution >= 4 is 11.7 Å². The van der Waals surface area contributed by atoms with E-state index < -0.39 is 5.82 Å². The Balaban J connectivity index is 1.77. The Labute approximate surface area is 154 Å². The summed E-state index contributed by atoms with van der Waals surface area (Å²) in [7, 11) is 0. The summed E-state index contributed by atoms with van der Waals surface area (Å²) in [6.07, 6.45) is 3.28. The summed E-state index contributed by atoms with van der Waals surface area (Å²) < 4.78 is 16.2. The standard InChI is InChI=1S/C20H27FN4O/c1-13-6-5-7-15(3)24(12-13)20(26)22-17-8-9-19(18(21)11-17)25-16(4)10-14(2)23-25/h8-11,13,15H,5-7,12H2,1-4H3,(H,22,26)/t13-,15-/m1/s1. The topological polar surface area (TPSA) is 50.2 Å². The molecule has 0 aliphatic carbocycles. The van der Waals surface area contributed by atoms with Crippen molar-refractivity contribution in [3.8, 4) is 5.69 Å². The van der Waals surface area contributed by atoms with Crippen LogP contribution in [0.1, 0.15) is 44.5 Å². The highest BCUT2D eigenvalue weighted by Gasteiger charge is 2.25. The van der Waals surface area contributed by atoms with Crippen molar-refractivity contribution in [1.82, 2.24) is 14.7 Å². The maximum atomic E-state index is 14.6. The predicted molar refractivity (Wildman–Crippen MR) is 101 cm³/mol. The van der Waals surface area contributed by atoms with Crippen LogP contribution in [-0.4, -0.2) is 33.3 Å². The molecule has 1 saturated heterocycles. The normalized spacial score (nSPS) is 20.7. The van der Waals surface area contributed by atoms with Gasteiger partial charge in [0.25, 0.3) is 0 Å². The van der Waals surface area contributed by atoms with Crippen LogP contribution in [0.25, 0.3) is 5.69 Å². The summed E-state index contributed by atoms with van der Waals surface area (Å²) in [6, 6.07) is 6.66. The molecule has 26 heavy (non-hydrogen) atoms. The fraction of sp³-hybridized carbons (Fsp3) is 0.500. The predicted octanol–water partition coefficient (Wildman–Crippen LogP) is 4.67. The number of amides is 2. The highest BCUT2D eigenvalue weighted by Crippen LogP contribution is 2.23. The molecule has 0 bridgehead atoms. The second-order valence-corrected chi connectivity index (χ2v) is 7.47. The first-order chi connectivity index (χ1) is 12.3. The molecule has 1 aliphatic rings. The molecule has 0 saturated carbocycles. The molecule has 2 atom stereocenters. The number of hydrogen-bond acceptors (Lipinski definition) is 2. The number of urea groups is 1. The zero-order valence-electron chi connectivity index (χ0n) is 15.9. The molecule has 0 radical (unpaired) electrons. The van der Waals surface area contributed by atoms with Crippen LogP contribution in [0, 0.1) is 25.6 Å². The molecule has 0 unspecified atom stereocenters. The molecule has 6 heteroatoms. The van der Waals surface area contributed by atoms with Gasteiger partial charge in [-0.1, -0.05) is 13.3 Å². The maximum Gasteiger partial charge on any atom is 0.322 e. The van der Waals surface area contributed by atoms with Crippen molar-refractivity contribution in [3.63, 3.8) is 0 Å². The molecule has 1 aliphatic heterocycles. The fourth-order valence-electron chi connectivity index (χ4n) is 3.63. The van der Waals surface area contributed by atoms with Crippen molar-refractivity contribution in [2.24, 2.45) is 5.92 Å². The minimum atomic E-state index is -0.411. The van der Waals surface area contributed by atoms with Gasteiger partial charge in [0, 0.05) is 24.0 Å². The second kappa shape index (κ2) is 7.48. The number of carbonyl (C=O) groups is 1. The molecule has 3 rings (SSSR count). The lowest BCUT2D eigenvalue weighted by Crippen LogP contribution is -2.42. The SMILES string of the molecule is Cc1cc(C)n(-c2ccc(NC(=O)N3C[C@H](C)CCC[C@H]3C)cc2F)n1. The fourth-order valence-corrected chi connectivity index (χ4v) is 3.63. The van der Waals surface area contributed by atoms with Gasteiger partial charge in [-0.3, -0.25) is 0 Å². The number of halogens is 1. The van der Waals surface area contributed by atoms with Gasteiger partial charge in [-0.05, 0) is 63.8 Å². The molecule has 2 amide bonds. The van der Waals surface area contributed by atoms with Gasteiger partial charge < -0.3 is 10.2 Å². The first kappa shape index (κ1) is 18.4. The zero-order valence-corrected chi connectivity index (χ0v) is 15.9. The maximum absolute atomic E-state index is 14.6. The van der Waals surface area contributed by atoms with Gasteiger partial charge in [0.2, 0.25) is 0 Å². The lowest BCUT2D eigenvalue weighted by atomic mass is 10.1. The van der Waals surface area contributed by atoms with Gasteiger partial charge in [-0.25, -0.2) is 13.9 Å². The number of rotatable bonds is 2. The van der Waals surface area contributed by atoms with Crippen molar-refractivity contribution < 1.29 is 9.18 Å². The van der Waals surface area contributed by atoms with Gasteiger partial charge in [0.1, 0.15) is 5.69 Å². The molecular formula is C20H27FN4O. The van der Waals surface area contributed by atoms with E-state index in [0.717, 1.165) is 37.2 Å². The lowest BCUT2D eigenvalue weighted by Gasteiger charge is -2.28. The molecule has 2 heterocycles. The lowest BCUT2D eigenvalue weighted by molar-refractivity contribution is 0.187. The smallest absolute Gasteiger partial charge is 0.322 e. The number of anilines is 1. The average molecular weight is 358 g/mol. The summed E-state index contributed by atoms with van der Waals surface area (Å²) in [4.78, 5) is 14.5. The van der Waals surface area contributed by atoms with Crippen LogP contribution in [0.4, 0.5) is 14.9 Å². The Morgan fingerprint density at radius 3 is 2.65 bits per heavy atom. The largest absolute Gasteiger partial charge is 0.322 e. The second-order valence-electron chi connectivity index (χ2n) is 7.47. The van der Waals surface area contributed by atoms with E-state index in [2.05, 4.69) is 24.3 Å². The van der Waals surface area contributed by atoms with E-state index in [0.29, 0.717) is 17.3 Å². The highest BCUT2D eigenvalue weighted by molar-refractivity contribution is 5.89. The molecule has 1 aromatic heterocycles. The van der Waals surface area contributed by atoms with Gasteiger partial charge in [-0.2, -0.15) is 5.10 Å². The number of carbonyl (C=O) groups excluding carboxylic acids is 1. The van der Waals surface area contributed by atoms with Crippen LogP contribution in [0.5, 0.6) is 0 Å². The minimum absolute atomic E-state index is 0.162. The number of nitrogens with one attached hydrogen (secondary N) is 1. The van der Waals surface area contributed by atoms with E-state index in [1.807, 2.05) is 24.8 Å². The summed E-state index contributed by atoms with van der Waals surface area (Å²) in [6.45, 7) is 8.74. The Kier molecular flexibility index (Phi) is 5.30. The third-order valence-electron chi connectivity index (χ3n) is 5.06. The summed E-state index contributed by atoms with van der Waals surface area (Å²) in [5, 5.41) is 7.16. The quantitative estimate of drug-likeness (QED) is 0.848. The monoisotopic (exact) mass is 358 g/mol. The zero-order chi connectivity index (χ0) is 18.8. The third-order valence-corrected chi connectivity index (χ3v) is 5.06. The molecule has 1 aromatic carbocycles. The third kappa shape index (κ3) is 3.89. The van der Waals surface area contributed by atoms with E-state index in [9.17, 15) is 9.18 Å². The van der Waals surface area contributed by atoms with Gasteiger partial charge >= 0.3 is 6.03 Å². The average Bonchev–Trinajstić information content (AvgIpc) is 2.80. The Morgan fingerprint density at radius 2 is 2.00 bits per heavy atom. The highest BCUT2D eigenvalue weighted by atomic mass is 19.1. The number of nitrogens with zero attached hydrogens (tertiary/aromatic N) is 3. The summed E-state index contributed by atoms with van der Waals surface area (Å²) >= 11 is 0. The van der Waals surface area contributed by atoms with Crippen LogP contribution < -0.4 is 5.32 Å². The van der Waals surface area contributed by atoms with E-state index in [1.54, 1.807) is 16.8 Å². The number of hydrogen-bond donors (Lipinski definition) is 1. The summed E-state index contributed by atoms with van der Waals surface area (Å²) in [5.41, 5.74) is 2.54. The minimum Gasteiger partial charge on any atom is -0.322 e. The van der Waals surface area contributed by atoms with Crippen molar-refractivity contribution in [3.05, 3.63) is 41.5 Å². The number of aromatic nitrogens is 2. The molecule has 1 N–H and O–H groups in total. The van der Waals surface area contributed by atoms with Crippen LogP contribution >= 0.6 is 0 Å². The van der Waals surface area contributed by atoms with Crippen LogP contribution in [0.3, 0.4) is 0 Å².